The number of nitro groups is 1. The van der Waals surface area contributed by atoms with Crippen LogP contribution in [0.1, 0.15) is 11.8 Å². The van der Waals surface area contributed by atoms with Gasteiger partial charge in [0.15, 0.2) is 23.2 Å². The second-order valence-corrected chi connectivity index (χ2v) is 6.59. The third-order valence-electron chi connectivity index (χ3n) is 4.70. The Labute approximate surface area is 168 Å². The zero-order chi connectivity index (χ0) is 21.3. The van der Waals surface area contributed by atoms with Crippen molar-refractivity contribution in [1.82, 2.24) is 19.5 Å². The lowest BCUT2D eigenvalue weighted by Gasteiger charge is -2.16. The number of aliphatic hydroxyl groups is 3. The van der Waals surface area contributed by atoms with E-state index in [0.29, 0.717) is 16.7 Å². The minimum Gasteiger partial charge on any atom is -0.394 e. The van der Waals surface area contributed by atoms with Crippen molar-refractivity contribution in [2.24, 2.45) is 0 Å². The summed E-state index contributed by atoms with van der Waals surface area (Å²) in [5.74, 6) is 0.257. The lowest BCUT2D eigenvalue weighted by molar-refractivity contribution is -0.384. The molecule has 1 aromatic carbocycles. The molecular weight excluding hydrogens is 400 g/mol. The van der Waals surface area contributed by atoms with Crippen molar-refractivity contribution in [2.75, 3.05) is 12.1 Å². The zero-order valence-electron chi connectivity index (χ0n) is 15.4. The predicted octanol–water partition coefficient (Wildman–Crippen LogP) is -0.110. The van der Waals surface area contributed by atoms with E-state index in [1.54, 1.807) is 12.1 Å². The molecule has 1 fully saturated rings. The van der Waals surface area contributed by atoms with Gasteiger partial charge in [-0.1, -0.05) is 0 Å². The third-order valence-corrected chi connectivity index (χ3v) is 4.70. The fourth-order valence-electron chi connectivity index (χ4n) is 3.12. The molecule has 13 heteroatoms. The minimum atomic E-state index is -1.27. The van der Waals surface area contributed by atoms with E-state index in [0.717, 1.165) is 0 Å². The Morgan fingerprint density at radius 1 is 1.20 bits per heavy atom. The number of aliphatic hydroxyl groups excluding tert-OH is 3. The van der Waals surface area contributed by atoms with E-state index < -0.39 is 36.1 Å². The smallest absolute Gasteiger partial charge is 0.269 e. The van der Waals surface area contributed by atoms with Crippen molar-refractivity contribution >= 4 is 22.7 Å². The van der Waals surface area contributed by atoms with E-state index in [2.05, 4.69) is 20.4 Å². The van der Waals surface area contributed by atoms with Crippen molar-refractivity contribution in [2.45, 2.75) is 31.1 Å². The number of imidazole rings is 1. The Morgan fingerprint density at radius 2 is 1.97 bits per heavy atom. The highest BCUT2D eigenvalue weighted by Gasteiger charge is 2.44. The molecular formula is C17H18N6O7. The number of nitro benzene ring substituents is 1. The van der Waals surface area contributed by atoms with Crippen LogP contribution in [0.3, 0.4) is 0 Å². The van der Waals surface area contributed by atoms with Gasteiger partial charge in [0, 0.05) is 12.1 Å². The van der Waals surface area contributed by atoms with Gasteiger partial charge in [-0.3, -0.25) is 19.5 Å². The van der Waals surface area contributed by atoms with Crippen LogP contribution in [0.2, 0.25) is 0 Å². The molecule has 158 valence electrons. The molecule has 0 amide bonds. The molecule has 0 bridgehead atoms. The van der Waals surface area contributed by atoms with Crippen molar-refractivity contribution in [3.63, 3.8) is 0 Å². The maximum absolute atomic E-state index is 10.7. The Kier molecular flexibility index (Phi) is 5.52. The molecule has 0 aliphatic carbocycles. The summed E-state index contributed by atoms with van der Waals surface area (Å²) in [7, 11) is 0. The van der Waals surface area contributed by atoms with Crippen LogP contribution >= 0.6 is 0 Å². The quantitative estimate of drug-likeness (QED) is 0.297. The summed E-state index contributed by atoms with van der Waals surface area (Å²) >= 11 is 0. The van der Waals surface area contributed by atoms with Gasteiger partial charge in [-0.05, 0) is 17.7 Å². The van der Waals surface area contributed by atoms with Gasteiger partial charge in [-0.2, -0.15) is 0 Å². The topological polar surface area (TPSA) is 178 Å². The van der Waals surface area contributed by atoms with Gasteiger partial charge in [0.25, 0.3) is 5.69 Å². The highest BCUT2D eigenvalue weighted by Crippen LogP contribution is 2.32. The highest BCUT2D eigenvalue weighted by atomic mass is 16.6. The molecule has 0 radical (unpaired) electrons. The number of hydrogen-bond acceptors (Lipinski definition) is 11. The van der Waals surface area contributed by atoms with E-state index in [1.807, 2.05) is 0 Å². The van der Waals surface area contributed by atoms with Crippen LogP contribution in [0.5, 0.6) is 0 Å². The van der Waals surface area contributed by atoms with Gasteiger partial charge in [0.1, 0.15) is 24.6 Å². The molecule has 4 atom stereocenters. The molecule has 1 saturated heterocycles. The molecule has 0 spiro atoms. The summed E-state index contributed by atoms with van der Waals surface area (Å²) in [5, 5.41) is 40.1. The Morgan fingerprint density at radius 3 is 2.63 bits per heavy atom. The largest absolute Gasteiger partial charge is 0.394 e. The molecule has 13 nitrogen and oxygen atoms in total. The van der Waals surface area contributed by atoms with Crippen LogP contribution in [0.25, 0.3) is 11.2 Å². The van der Waals surface area contributed by atoms with Crippen LogP contribution in [0, 0.1) is 10.1 Å². The number of nitrogens with zero attached hydrogens (tertiary/aromatic N) is 5. The second kappa shape index (κ2) is 8.25. The first kappa shape index (κ1) is 20.1. The van der Waals surface area contributed by atoms with E-state index in [-0.39, 0.29) is 18.1 Å². The molecule has 0 saturated carbocycles. The average molecular weight is 418 g/mol. The van der Waals surface area contributed by atoms with Gasteiger partial charge in [0.05, 0.1) is 24.5 Å². The number of rotatable bonds is 7. The summed E-state index contributed by atoms with van der Waals surface area (Å²) in [4.78, 5) is 28.1. The number of aromatic nitrogens is 4. The van der Waals surface area contributed by atoms with Gasteiger partial charge >= 0.3 is 0 Å². The Balaban J connectivity index is 1.48. The summed E-state index contributed by atoms with van der Waals surface area (Å²) in [5.41, 5.74) is 4.01. The van der Waals surface area contributed by atoms with Crippen molar-refractivity contribution in [1.29, 1.82) is 0 Å². The first-order valence-electron chi connectivity index (χ1n) is 8.90. The van der Waals surface area contributed by atoms with Gasteiger partial charge in [0.2, 0.25) is 0 Å². The van der Waals surface area contributed by atoms with Crippen LogP contribution < -0.4 is 5.48 Å². The summed E-state index contributed by atoms with van der Waals surface area (Å²) < 4.78 is 6.94. The number of nitrogens with one attached hydrogen (secondary N) is 1. The van der Waals surface area contributed by atoms with E-state index >= 15 is 0 Å². The van der Waals surface area contributed by atoms with E-state index in [1.165, 1.54) is 29.4 Å². The molecule has 4 rings (SSSR count). The van der Waals surface area contributed by atoms with Crippen LogP contribution in [0.15, 0.2) is 36.9 Å². The molecule has 4 N–H and O–H groups in total. The van der Waals surface area contributed by atoms with Crippen LogP contribution in [-0.4, -0.2) is 64.7 Å². The normalized spacial score (nSPS) is 23.7. The number of anilines is 1. The molecule has 2 unspecified atom stereocenters. The molecule has 3 aromatic rings. The zero-order valence-corrected chi connectivity index (χ0v) is 15.4. The fraction of sp³-hybridized carbons (Fsp3) is 0.353. The average Bonchev–Trinajstić information content (AvgIpc) is 3.30. The number of fused-ring (bicyclic) bond motifs is 1. The fourth-order valence-corrected chi connectivity index (χ4v) is 3.12. The minimum absolute atomic E-state index is 0.0142. The van der Waals surface area contributed by atoms with E-state index in [9.17, 15) is 25.4 Å². The van der Waals surface area contributed by atoms with Gasteiger partial charge in [-0.25, -0.2) is 20.4 Å². The highest BCUT2D eigenvalue weighted by molar-refractivity contribution is 5.82. The SMILES string of the molecule is O=[N+]([O-])c1ccc(CONc2ncnc3c2ncn3[C@@H]2O[C@H](CO)C(O)C2O)cc1. The third kappa shape index (κ3) is 3.67. The molecule has 1 aliphatic heterocycles. The number of hydrogen-bond donors (Lipinski definition) is 4. The molecule has 3 heterocycles. The van der Waals surface area contributed by atoms with Crippen LogP contribution in [-0.2, 0) is 16.2 Å². The first-order chi connectivity index (χ1) is 14.5. The van der Waals surface area contributed by atoms with Crippen LogP contribution in [0.4, 0.5) is 11.5 Å². The lowest BCUT2D eigenvalue weighted by Crippen LogP contribution is -2.33. The summed E-state index contributed by atoms with van der Waals surface area (Å²) in [6.45, 7) is -0.335. The maximum Gasteiger partial charge on any atom is 0.269 e. The van der Waals surface area contributed by atoms with E-state index in [4.69, 9.17) is 9.57 Å². The number of non-ortho nitro benzene ring substituents is 1. The van der Waals surface area contributed by atoms with Crippen molar-refractivity contribution < 1.29 is 29.8 Å². The summed E-state index contributed by atoms with van der Waals surface area (Å²) in [6.07, 6.45) is -1.79. The Bertz CT molecular complexity index is 1040. The maximum atomic E-state index is 10.7. The molecule has 2 aromatic heterocycles. The van der Waals surface area contributed by atoms with Crippen molar-refractivity contribution in [3.05, 3.63) is 52.6 Å². The monoisotopic (exact) mass is 418 g/mol. The standard InChI is InChI=1S/C17H18N6O7/c24-5-11-13(25)14(26)17(30-11)22-8-20-12-15(18-7-19-16(12)22)21-29-6-9-1-3-10(4-2-9)23(27)28/h1-4,7-8,11,13-14,17,24-26H,5-6H2,(H,18,19,21)/t11-,13?,14?,17-/m1/s1. The Hall–Kier alpha value is -3.23. The lowest BCUT2D eigenvalue weighted by atomic mass is 10.1. The number of ether oxygens (including phenoxy) is 1. The number of benzene rings is 1. The summed E-state index contributed by atoms with van der Waals surface area (Å²) in [6, 6.07) is 5.91. The second-order valence-electron chi connectivity index (χ2n) is 6.59. The molecule has 30 heavy (non-hydrogen) atoms. The predicted molar refractivity (Wildman–Crippen MR) is 99.8 cm³/mol. The molecule has 1 aliphatic rings. The van der Waals surface area contributed by atoms with Crippen molar-refractivity contribution in [3.8, 4) is 0 Å². The first-order valence-corrected chi connectivity index (χ1v) is 8.90. The van der Waals surface area contributed by atoms with Gasteiger partial charge in [-0.15, -0.1) is 0 Å². The van der Waals surface area contributed by atoms with Gasteiger partial charge < -0.3 is 20.1 Å².